The van der Waals surface area contributed by atoms with E-state index in [1.165, 1.54) is 11.3 Å². The molecular formula is C20H28N4O. The Morgan fingerprint density at radius 3 is 2.52 bits per heavy atom. The van der Waals surface area contributed by atoms with Crippen LogP contribution in [-0.2, 0) is 13.1 Å². The van der Waals surface area contributed by atoms with Crippen molar-refractivity contribution >= 4 is 11.6 Å². The molecule has 134 valence electrons. The molecule has 0 amide bonds. The molecule has 0 atom stereocenters. The van der Waals surface area contributed by atoms with Crippen LogP contribution in [0.1, 0.15) is 18.1 Å². The summed E-state index contributed by atoms with van der Waals surface area (Å²) in [6, 6.07) is 16.5. The van der Waals surface area contributed by atoms with E-state index in [0.717, 1.165) is 17.3 Å². The fourth-order valence-corrected chi connectivity index (χ4v) is 2.48. The van der Waals surface area contributed by atoms with Gasteiger partial charge in [0.1, 0.15) is 5.75 Å². The lowest BCUT2D eigenvalue weighted by Crippen LogP contribution is -2.36. The van der Waals surface area contributed by atoms with Crippen LogP contribution in [0.25, 0.3) is 0 Å². The van der Waals surface area contributed by atoms with Gasteiger partial charge in [-0.15, -0.1) is 0 Å². The van der Waals surface area contributed by atoms with Gasteiger partial charge in [-0.25, -0.2) is 0 Å². The standard InChI is InChI=1S/C20H28N4O/c1-5-25-19-12-7-6-10-17(19)15-23-20(21-2)22-14-16-9-8-11-18(13-16)24(3)4/h6-13H,5,14-15H2,1-4H3,(H2,21,22,23). The number of guanidine groups is 1. The number of hydrogen-bond donors (Lipinski definition) is 2. The van der Waals surface area contributed by atoms with E-state index in [2.05, 4.69) is 50.9 Å². The third-order valence-electron chi connectivity index (χ3n) is 3.83. The Labute approximate surface area is 150 Å². The lowest BCUT2D eigenvalue weighted by Gasteiger charge is -2.16. The molecule has 2 aromatic rings. The van der Waals surface area contributed by atoms with Crippen LogP contribution < -0.4 is 20.3 Å². The second-order valence-corrected chi connectivity index (χ2v) is 5.88. The van der Waals surface area contributed by atoms with Crippen LogP contribution in [-0.4, -0.2) is 33.7 Å². The molecule has 2 N–H and O–H groups in total. The highest BCUT2D eigenvalue weighted by Crippen LogP contribution is 2.17. The maximum absolute atomic E-state index is 5.66. The minimum atomic E-state index is 0.659. The zero-order valence-corrected chi connectivity index (χ0v) is 15.5. The van der Waals surface area contributed by atoms with Crippen LogP contribution >= 0.6 is 0 Å². The Morgan fingerprint density at radius 2 is 1.80 bits per heavy atom. The molecule has 0 aromatic heterocycles. The zero-order valence-electron chi connectivity index (χ0n) is 15.5. The number of ether oxygens (including phenoxy) is 1. The SMILES string of the molecule is CCOc1ccccc1CNC(=NC)NCc1cccc(N(C)C)c1. The summed E-state index contributed by atoms with van der Waals surface area (Å²) in [5.74, 6) is 1.67. The number of rotatable bonds is 7. The van der Waals surface area contributed by atoms with E-state index in [9.17, 15) is 0 Å². The Morgan fingerprint density at radius 1 is 1.04 bits per heavy atom. The van der Waals surface area contributed by atoms with Crippen molar-refractivity contribution in [2.45, 2.75) is 20.0 Å². The molecule has 0 bridgehead atoms. The van der Waals surface area contributed by atoms with Crippen molar-refractivity contribution in [3.05, 3.63) is 59.7 Å². The van der Waals surface area contributed by atoms with Gasteiger partial charge in [0.15, 0.2) is 5.96 Å². The Bertz CT molecular complexity index is 698. The summed E-state index contributed by atoms with van der Waals surface area (Å²) in [5, 5.41) is 6.69. The van der Waals surface area contributed by atoms with Gasteiger partial charge in [0.05, 0.1) is 6.61 Å². The maximum atomic E-state index is 5.66. The lowest BCUT2D eigenvalue weighted by atomic mass is 10.2. The summed E-state index contributed by atoms with van der Waals surface area (Å²) < 4.78 is 5.66. The number of nitrogens with one attached hydrogen (secondary N) is 2. The maximum Gasteiger partial charge on any atom is 0.191 e. The smallest absolute Gasteiger partial charge is 0.191 e. The van der Waals surface area contributed by atoms with Gasteiger partial charge in [0.2, 0.25) is 0 Å². The number of hydrogen-bond acceptors (Lipinski definition) is 3. The molecular weight excluding hydrogens is 312 g/mol. The van der Waals surface area contributed by atoms with Gasteiger partial charge in [-0.1, -0.05) is 30.3 Å². The van der Waals surface area contributed by atoms with E-state index < -0.39 is 0 Å². The first kappa shape index (κ1) is 18.6. The van der Waals surface area contributed by atoms with Gasteiger partial charge < -0.3 is 20.3 Å². The number of para-hydroxylation sites is 1. The first-order valence-corrected chi connectivity index (χ1v) is 8.55. The quantitative estimate of drug-likeness (QED) is 0.601. The molecule has 2 rings (SSSR count). The van der Waals surface area contributed by atoms with Crippen molar-refractivity contribution in [2.24, 2.45) is 4.99 Å². The molecule has 5 nitrogen and oxygen atoms in total. The van der Waals surface area contributed by atoms with E-state index in [1.54, 1.807) is 7.05 Å². The van der Waals surface area contributed by atoms with Crippen molar-refractivity contribution < 1.29 is 4.74 Å². The fourth-order valence-electron chi connectivity index (χ4n) is 2.48. The highest BCUT2D eigenvalue weighted by molar-refractivity contribution is 5.79. The van der Waals surface area contributed by atoms with Crippen molar-refractivity contribution in [1.29, 1.82) is 0 Å². The lowest BCUT2D eigenvalue weighted by molar-refractivity contribution is 0.336. The van der Waals surface area contributed by atoms with Crippen LogP contribution in [0.3, 0.4) is 0 Å². The van der Waals surface area contributed by atoms with E-state index in [1.807, 2.05) is 39.2 Å². The van der Waals surface area contributed by atoms with Crippen molar-refractivity contribution in [2.75, 3.05) is 32.6 Å². The molecule has 0 aliphatic rings. The average Bonchev–Trinajstić information content (AvgIpc) is 2.63. The third kappa shape index (κ3) is 5.71. The zero-order chi connectivity index (χ0) is 18.1. The molecule has 25 heavy (non-hydrogen) atoms. The Kier molecular flexibility index (Phi) is 7.14. The predicted molar refractivity (Wildman–Crippen MR) is 105 cm³/mol. The van der Waals surface area contributed by atoms with E-state index in [0.29, 0.717) is 19.7 Å². The van der Waals surface area contributed by atoms with Crippen LogP contribution in [0, 0.1) is 0 Å². The second kappa shape index (κ2) is 9.57. The second-order valence-electron chi connectivity index (χ2n) is 5.88. The van der Waals surface area contributed by atoms with Gasteiger partial charge in [0, 0.05) is 45.5 Å². The van der Waals surface area contributed by atoms with Gasteiger partial charge in [0.25, 0.3) is 0 Å². The number of nitrogens with zero attached hydrogens (tertiary/aromatic N) is 2. The molecule has 0 saturated heterocycles. The fraction of sp³-hybridized carbons (Fsp3) is 0.350. The molecule has 0 fully saturated rings. The summed E-state index contributed by atoms with van der Waals surface area (Å²) in [7, 11) is 5.87. The summed E-state index contributed by atoms with van der Waals surface area (Å²) in [6.07, 6.45) is 0. The first-order chi connectivity index (χ1) is 12.1. The molecule has 0 heterocycles. The molecule has 5 heteroatoms. The topological polar surface area (TPSA) is 48.9 Å². The highest BCUT2D eigenvalue weighted by Gasteiger charge is 2.04. The Hall–Kier alpha value is -2.69. The number of benzene rings is 2. The van der Waals surface area contributed by atoms with Crippen LogP contribution in [0.2, 0.25) is 0 Å². The monoisotopic (exact) mass is 340 g/mol. The summed E-state index contributed by atoms with van der Waals surface area (Å²) in [5.41, 5.74) is 3.51. The largest absolute Gasteiger partial charge is 0.494 e. The molecule has 2 aromatic carbocycles. The minimum Gasteiger partial charge on any atom is -0.494 e. The first-order valence-electron chi connectivity index (χ1n) is 8.55. The van der Waals surface area contributed by atoms with E-state index in [4.69, 9.17) is 4.74 Å². The molecule has 0 aliphatic carbocycles. The van der Waals surface area contributed by atoms with Crippen LogP contribution in [0.5, 0.6) is 5.75 Å². The normalized spacial score (nSPS) is 11.1. The molecule has 0 radical (unpaired) electrons. The summed E-state index contributed by atoms with van der Waals surface area (Å²) in [6.45, 7) is 4.03. The number of anilines is 1. The van der Waals surface area contributed by atoms with Crippen LogP contribution in [0.15, 0.2) is 53.5 Å². The highest BCUT2D eigenvalue weighted by atomic mass is 16.5. The predicted octanol–water partition coefficient (Wildman–Crippen LogP) is 3.02. The van der Waals surface area contributed by atoms with Crippen molar-refractivity contribution in [3.63, 3.8) is 0 Å². The summed E-state index contributed by atoms with van der Waals surface area (Å²) in [4.78, 5) is 6.39. The van der Waals surface area contributed by atoms with E-state index >= 15 is 0 Å². The Balaban J connectivity index is 1.92. The number of aliphatic imine (C=N–C) groups is 1. The minimum absolute atomic E-state index is 0.659. The van der Waals surface area contributed by atoms with Crippen LogP contribution in [0.4, 0.5) is 5.69 Å². The van der Waals surface area contributed by atoms with Gasteiger partial charge in [-0.05, 0) is 30.7 Å². The van der Waals surface area contributed by atoms with E-state index in [-0.39, 0.29) is 0 Å². The molecule has 0 spiro atoms. The molecule has 0 unspecified atom stereocenters. The third-order valence-corrected chi connectivity index (χ3v) is 3.83. The molecule has 0 aliphatic heterocycles. The summed E-state index contributed by atoms with van der Waals surface area (Å²) >= 11 is 0. The van der Waals surface area contributed by atoms with Gasteiger partial charge >= 0.3 is 0 Å². The van der Waals surface area contributed by atoms with Gasteiger partial charge in [-0.2, -0.15) is 0 Å². The molecule has 0 saturated carbocycles. The average molecular weight is 340 g/mol. The van der Waals surface area contributed by atoms with Crippen molar-refractivity contribution in [1.82, 2.24) is 10.6 Å². The van der Waals surface area contributed by atoms with Crippen molar-refractivity contribution in [3.8, 4) is 5.75 Å². The van der Waals surface area contributed by atoms with Gasteiger partial charge in [-0.3, -0.25) is 4.99 Å².